The summed E-state index contributed by atoms with van der Waals surface area (Å²) in [6, 6.07) is 5.49. The monoisotopic (exact) mass is 366 g/mol. The second-order valence-corrected chi connectivity index (χ2v) is 5.61. The van der Waals surface area contributed by atoms with Crippen LogP contribution in [0.2, 0.25) is 5.02 Å². The van der Waals surface area contributed by atoms with Gasteiger partial charge in [0.25, 0.3) is 0 Å². The van der Waals surface area contributed by atoms with Crippen LogP contribution in [0.5, 0.6) is 5.75 Å². The molecule has 0 aliphatic carbocycles. The maximum Gasteiger partial charge on any atom is 0.155 e. The lowest BCUT2D eigenvalue weighted by molar-refractivity contribution is 0.415. The standard InChI is InChI=1S/C14H12BrClN4O/c1-21-10-2-3-11(16)12(4-10)17-5-9-6-19-14-7-18-13(15)8-20(9)14/h2-4,6-8,17H,5H2,1H3. The summed E-state index contributed by atoms with van der Waals surface area (Å²) >= 11 is 9.54. The summed E-state index contributed by atoms with van der Waals surface area (Å²) in [5.41, 5.74) is 2.62. The number of aromatic nitrogens is 3. The van der Waals surface area contributed by atoms with Crippen molar-refractivity contribution >= 4 is 38.9 Å². The zero-order valence-electron chi connectivity index (χ0n) is 11.2. The third-order valence-corrected chi connectivity index (χ3v) is 3.81. The van der Waals surface area contributed by atoms with Gasteiger partial charge in [0.15, 0.2) is 5.65 Å². The molecule has 3 aromatic rings. The van der Waals surface area contributed by atoms with Crippen LogP contribution in [0.3, 0.4) is 0 Å². The Morgan fingerprint density at radius 3 is 3.00 bits per heavy atom. The van der Waals surface area contributed by atoms with Crippen molar-refractivity contribution in [2.75, 3.05) is 12.4 Å². The number of fused-ring (bicyclic) bond motifs is 1. The SMILES string of the molecule is COc1ccc(Cl)c(NCc2cnc3cnc(Br)cn23)c1. The number of hydrogen-bond donors (Lipinski definition) is 1. The zero-order valence-corrected chi connectivity index (χ0v) is 13.5. The van der Waals surface area contributed by atoms with Crippen LogP contribution in [0.4, 0.5) is 5.69 Å². The predicted octanol–water partition coefficient (Wildman–Crippen LogP) is 3.77. The van der Waals surface area contributed by atoms with Crippen molar-refractivity contribution in [3.8, 4) is 5.75 Å². The summed E-state index contributed by atoms with van der Waals surface area (Å²) in [6.07, 6.45) is 5.41. The Morgan fingerprint density at radius 2 is 2.19 bits per heavy atom. The smallest absolute Gasteiger partial charge is 0.155 e. The largest absolute Gasteiger partial charge is 0.497 e. The molecule has 0 radical (unpaired) electrons. The Balaban J connectivity index is 1.85. The summed E-state index contributed by atoms with van der Waals surface area (Å²) < 4.78 is 7.93. The summed E-state index contributed by atoms with van der Waals surface area (Å²) in [6.45, 7) is 0.588. The molecule has 0 bridgehead atoms. The van der Waals surface area contributed by atoms with Gasteiger partial charge in [0, 0.05) is 12.3 Å². The number of methoxy groups -OCH3 is 1. The number of imidazole rings is 1. The first-order chi connectivity index (χ1) is 10.2. The average molecular weight is 368 g/mol. The van der Waals surface area contributed by atoms with E-state index in [4.69, 9.17) is 16.3 Å². The third kappa shape index (κ3) is 2.96. The number of halogens is 2. The van der Waals surface area contributed by atoms with Gasteiger partial charge >= 0.3 is 0 Å². The van der Waals surface area contributed by atoms with E-state index in [9.17, 15) is 0 Å². The predicted molar refractivity (Wildman–Crippen MR) is 86.0 cm³/mol. The molecule has 0 aliphatic heterocycles. The van der Waals surface area contributed by atoms with Crippen molar-refractivity contribution in [2.24, 2.45) is 0 Å². The summed E-state index contributed by atoms with van der Waals surface area (Å²) in [5.74, 6) is 0.756. The van der Waals surface area contributed by atoms with E-state index in [1.807, 2.05) is 28.9 Å². The second kappa shape index (κ2) is 5.91. The fourth-order valence-electron chi connectivity index (χ4n) is 2.00. The van der Waals surface area contributed by atoms with Crippen molar-refractivity contribution in [1.82, 2.24) is 14.4 Å². The van der Waals surface area contributed by atoms with Crippen molar-refractivity contribution in [3.05, 3.63) is 52.1 Å². The number of anilines is 1. The molecule has 108 valence electrons. The van der Waals surface area contributed by atoms with Gasteiger partial charge in [0.1, 0.15) is 10.4 Å². The molecule has 0 spiro atoms. The van der Waals surface area contributed by atoms with E-state index in [1.165, 1.54) is 0 Å². The van der Waals surface area contributed by atoms with Gasteiger partial charge in [0.2, 0.25) is 0 Å². The normalized spacial score (nSPS) is 10.8. The van der Waals surface area contributed by atoms with E-state index in [2.05, 4.69) is 31.2 Å². The lowest BCUT2D eigenvalue weighted by atomic mass is 10.3. The first-order valence-corrected chi connectivity index (χ1v) is 7.39. The molecule has 0 saturated heterocycles. The van der Waals surface area contributed by atoms with E-state index in [-0.39, 0.29) is 0 Å². The van der Waals surface area contributed by atoms with Crippen LogP contribution in [-0.2, 0) is 6.54 Å². The minimum Gasteiger partial charge on any atom is -0.497 e. The van der Waals surface area contributed by atoms with Gasteiger partial charge in [-0.05, 0) is 28.1 Å². The first kappa shape index (κ1) is 14.2. The lowest BCUT2D eigenvalue weighted by Gasteiger charge is -2.10. The Morgan fingerprint density at radius 1 is 1.33 bits per heavy atom. The third-order valence-electron chi connectivity index (χ3n) is 3.07. The molecule has 2 heterocycles. The van der Waals surface area contributed by atoms with Crippen molar-refractivity contribution in [2.45, 2.75) is 6.54 Å². The molecule has 2 aromatic heterocycles. The number of rotatable bonds is 4. The Kier molecular flexibility index (Phi) is 3.98. The van der Waals surface area contributed by atoms with Gasteiger partial charge in [-0.1, -0.05) is 11.6 Å². The lowest BCUT2D eigenvalue weighted by Crippen LogP contribution is -2.03. The average Bonchev–Trinajstić information content (AvgIpc) is 2.89. The van der Waals surface area contributed by atoms with Gasteiger partial charge in [-0.15, -0.1) is 0 Å². The molecule has 0 amide bonds. The van der Waals surface area contributed by atoms with Gasteiger partial charge < -0.3 is 10.1 Å². The van der Waals surface area contributed by atoms with Crippen LogP contribution >= 0.6 is 27.5 Å². The van der Waals surface area contributed by atoms with Crippen LogP contribution in [0.1, 0.15) is 5.69 Å². The molecule has 0 aliphatic rings. The minimum atomic E-state index is 0.588. The quantitative estimate of drug-likeness (QED) is 0.763. The van der Waals surface area contributed by atoms with Gasteiger partial charge in [0.05, 0.1) is 42.5 Å². The number of nitrogens with one attached hydrogen (secondary N) is 1. The highest BCUT2D eigenvalue weighted by Crippen LogP contribution is 2.27. The van der Waals surface area contributed by atoms with E-state index in [1.54, 1.807) is 19.4 Å². The number of nitrogens with zero attached hydrogens (tertiary/aromatic N) is 3. The van der Waals surface area contributed by atoms with Crippen molar-refractivity contribution in [3.63, 3.8) is 0 Å². The second-order valence-electron chi connectivity index (χ2n) is 4.39. The number of hydrogen-bond acceptors (Lipinski definition) is 4. The maximum absolute atomic E-state index is 6.18. The van der Waals surface area contributed by atoms with E-state index in [0.29, 0.717) is 11.6 Å². The summed E-state index contributed by atoms with van der Waals surface area (Å²) in [5, 5.41) is 3.94. The van der Waals surface area contributed by atoms with E-state index < -0.39 is 0 Å². The number of ether oxygens (including phenoxy) is 1. The van der Waals surface area contributed by atoms with E-state index >= 15 is 0 Å². The minimum absolute atomic E-state index is 0.588. The summed E-state index contributed by atoms with van der Waals surface area (Å²) in [7, 11) is 1.63. The molecule has 0 unspecified atom stereocenters. The highest BCUT2D eigenvalue weighted by Gasteiger charge is 2.06. The Hall–Kier alpha value is -1.79. The molecule has 1 N–H and O–H groups in total. The van der Waals surface area contributed by atoms with Crippen molar-refractivity contribution < 1.29 is 4.74 Å². The van der Waals surface area contributed by atoms with Gasteiger partial charge in [-0.2, -0.15) is 0 Å². The highest BCUT2D eigenvalue weighted by molar-refractivity contribution is 9.10. The molecule has 21 heavy (non-hydrogen) atoms. The Labute approximate surface area is 135 Å². The molecule has 0 fully saturated rings. The fourth-order valence-corrected chi connectivity index (χ4v) is 2.49. The van der Waals surface area contributed by atoms with E-state index in [0.717, 1.165) is 27.4 Å². The zero-order chi connectivity index (χ0) is 14.8. The van der Waals surface area contributed by atoms with Crippen LogP contribution in [0, 0.1) is 0 Å². The molecule has 0 saturated carbocycles. The molecule has 0 atom stereocenters. The number of benzene rings is 1. The van der Waals surface area contributed by atoms with Crippen molar-refractivity contribution in [1.29, 1.82) is 0 Å². The molecule has 3 rings (SSSR count). The molecule has 5 nitrogen and oxygen atoms in total. The topological polar surface area (TPSA) is 51.5 Å². The van der Waals surface area contributed by atoms with Crippen LogP contribution in [0.25, 0.3) is 5.65 Å². The van der Waals surface area contributed by atoms with Crippen LogP contribution in [-0.4, -0.2) is 21.5 Å². The van der Waals surface area contributed by atoms with Gasteiger partial charge in [-0.25, -0.2) is 9.97 Å². The van der Waals surface area contributed by atoms with Gasteiger partial charge in [-0.3, -0.25) is 4.40 Å². The maximum atomic E-state index is 6.18. The van der Waals surface area contributed by atoms with Crippen LogP contribution < -0.4 is 10.1 Å². The molecule has 7 heteroatoms. The van der Waals surface area contributed by atoms with Crippen LogP contribution in [0.15, 0.2) is 41.4 Å². The molecular weight excluding hydrogens is 356 g/mol. The molecular formula is C14H12BrClN4O. The Bertz CT molecular complexity index is 790. The molecule has 1 aromatic carbocycles. The highest BCUT2D eigenvalue weighted by atomic mass is 79.9. The first-order valence-electron chi connectivity index (χ1n) is 6.22. The summed E-state index contributed by atoms with van der Waals surface area (Å²) in [4.78, 5) is 8.46. The fraction of sp³-hybridized carbons (Fsp3) is 0.143.